The number of benzene rings is 2. The van der Waals surface area contributed by atoms with E-state index in [0.29, 0.717) is 18.8 Å². The van der Waals surface area contributed by atoms with Gasteiger partial charge in [-0.1, -0.05) is 36.4 Å². The molecule has 26 heavy (non-hydrogen) atoms. The highest BCUT2D eigenvalue weighted by atomic mass is 16.6. The van der Waals surface area contributed by atoms with Gasteiger partial charge in [-0.05, 0) is 11.5 Å². The normalized spacial score (nSPS) is 20.3. The number of ether oxygens (including phenoxy) is 1. The first-order valence-electron chi connectivity index (χ1n) is 8.53. The van der Waals surface area contributed by atoms with E-state index in [0.717, 1.165) is 10.8 Å². The quantitative estimate of drug-likeness (QED) is 0.775. The van der Waals surface area contributed by atoms with Crippen LogP contribution in [0.15, 0.2) is 42.5 Å². The summed E-state index contributed by atoms with van der Waals surface area (Å²) >= 11 is 0. The molecule has 3 amide bonds. The number of amides is 3. The smallest absolute Gasteiger partial charge is 0.410 e. The minimum absolute atomic E-state index is 0.0841. The Labute approximate surface area is 150 Å². The van der Waals surface area contributed by atoms with Gasteiger partial charge in [-0.25, -0.2) is 4.79 Å². The van der Waals surface area contributed by atoms with Crippen molar-refractivity contribution in [3.05, 3.63) is 42.5 Å². The van der Waals surface area contributed by atoms with Gasteiger partial charge in [-0.2, -0.15) is 0 Å². The van der Waals surface area contributed by atoms with Gasteiger partial charge in [0.2, 0.25) is 11.8 Å². The minimum atomic E-state index is -0.630. The lowest BCUT2D eigenvalue weighted by atomic mass is 10.1. The van der Waals surface area contributed by atoms with Crippen molar-refractivity contribution in [2.75, 3.05) is 33.2 Å². The number of hydrogen-bond acceptors (Lipinski definition) is 4. The molecule has 2 aliphatic rings. The highest BCUT2D eigenvalue weighted by Gasteiger charge is 2.42. The highest BCUT2D eigenvalue weighted by Crippen LogP contribution is 2.26. The zero-order chi connectivity index (χ0) is 18.3. The largest absolute Gasteiger partial charge is 0.415 e. The number of fused-ring (bicyclic) bond motifs is 2. The van der Waals surface area contributed by atoms with E-state index in [2.05, 4.69) is 0 Å². The van der Waals surface area contributed by atoms with Crippen LogP contribution in [-0.4, -0.2) is 71.9 Å². The van der Waals surface area contributed by atoms with Gasteiger partial charge in [0.1, 0.15) is 11.8 Å². The van der Waals surface area contributed by atoms with Crippen LogP contribution in [0.4, 0.5) is 4.79 Å². The average molecular weight is 353 g/mol. The Morgan fingerprint density at radius 1 is 1.08 bits per heavy atom. The summed E-state index contributed by atoms with van der Waals surface area (Å²) in [4.78, 5) is 41.5. The van der Waals surface area contributed by atoms with Crippen molar-refractivity contribution in [2.24, 2.45) is 0 Å². The first kappa shape index (κ1) is 16.4. The van der Waals surface area contributed by atoms with Crippen LogP contribution in [0.1, 0.15) is 0 Å². The molecule has 2 aromatic rings. The van der Waals surface area contributed by atoms with Crippen LogP contribution in [-0.2, 0) is 9.59 Å². The Morgan fingerprint density at radius 3 is 2.69 bits per heavy atom. The number of nitrogens with zero attached hydrogens (tertiary/aromatic N) is 3. The Hall–Kier alpha value is -3.09. The number of piperazine rings is 2. The Balaban J connectivity index is 1.52. The van der Waals surface area contributed by atoms with Crippen molar-refractivity contribution < 1.29 is 19.1 Å². The summed E-state index contributed by atoms with van der Waals surface area (Å²) in [6, 6.07) is 12.6. The monoisotopic (exact) mass is 353 g/mol. The topological polar surface area (TPSA) is 70.2 Å². The van der Waals surface area contributed by atoms with Gasteiger partial charge in [0.25, 0.3) is 0 Å². The maximum Gasteiger partial charge on any atom is 0.415 e. The van der Waals surface area contributed by atoms with Crippen molar-refractivity contribution in [2.45, 2.75) is 6.04 Å². The molecule has 7 heteroatoms. The molecule has 2 heterocycles. The zero-order valence-electron chi connectivity index (χ0n) is 14.4. The number of rotatable bonds is 1. The predicted octanol–water partition coefficient (Wildman–Crippen LogP) is 1.32. The second-order valence-electron chi connectivity index (χ2n) is 6.59. The van der Waals surface area contributed by atoms with E-state index >= 15 is 0 Å². The number of hydrogen-bond donors (Lipinski definition) is 0. The molecule has 0 N–H and O–H groups in total. The van der Waals surface area contributed by atoms with Crippen LogP contribution in [0.3, 0.4) is 0 Å². The third-order valence-corrected chi connectivity index (χ3v) is 4.94. The lowest BCUT2D eigenvalue weighted by Gasteiger charge is -2.44. The van der Waals surface area contributed by atoms with Crippen molar-refractivity contribution in [1.29, 1.82) is 0 Å². The van der Waals surface area contributed by atoms with Gasteiger partial charge >= 0.3 is 6.09 Å². The maximum atomic E-state index is 12.6. The summed E-state index contributed by atoms with van der Waals surface area (Å²) in [7, 11) is 1.60. The molecule has 0 aliphatic carbocycles. The fourth-order valence-corrected chi connectivity index (χ4v) is 3.53. The molecule has 134 valence electrons. The molecule has 0 aromatic heterocycles. The minimum Gasteiger partial charge on any atom is -0.410 e. The molecule has 0 bridgehead atoms. The second-order valence-corrected chi connectivity index (χ2v) is 6.59. The van der Waals surface area contributed by atoms with Crippen molar-refractivity contribution in [3.63, 3.8) is 0 Å². The SMILES string of the molecule is CN1CC(=O)N2CCN(C(=O)Oc3cccc4ccccc34)C[C@@H]2C1=O. The van der Waals surface area contributed by atoms with Crippen LogP contribution in [0.5, 0.6) is 5.75 Å². The van der Waals surface area contributed by atoms with Gasteiger partial charge in [-0.3, -0.25) is 9.59 Å². The summed E-state index contributed by atoms with van der Waals surface area (Å²) in [6.07, 6.45) is -0.505. The molecular formula is C19H19N3O4. The van der Waals surface area contributed by atoms with E-state index in [4.69, 9.17) is 4.74 Å². The Bertz CT molecular complexity index is 892. The molecule has 2 aliphatic heterocycles. The molecule has 0 spiro atoms. The van der Waals surface area contributed by atoms with Gasteiger partial charge in [-0.15, -0.1) is 0 Å². The van der Waals surface area contributed by atoms with E-state index in [1.54, 1.807) is 18.0 Å². The van der Waals surface area contributed by atoms with E-state index in [-0.39, 0.29) is 24.9 Å². The Morgan fingerprint density at radius 2 is 1.85 bits per heavy atom. The number of likely N-dealkylation sites (N-methyl/N-ethyl adjacent to an activating group) is 1. The van der Waals surface area contributed by atoms with Crippen LogP contribution in [0.25, 0.3) is 10.8 Å². The summed E-state index contributed by atoms with van der Waals surface area (Å²) in [5, 5.41) is 1.84. The van der Waals surface area contributed by atoms with Crippen LogP contribution < -0.4 is 4.74 Å². The fraction of sp³-hybridized carbons (Fsp3) is 0.316. The van der Waals surface area contributed by atoms with Gasteiger partial charge in [0.05, 0.1) is 13.1 Å². The zero-order valence-corrected chi connectivity index (χ0v) is 14.4. The lowest BCUT2D eigenvalue weighted by Crippen LogP contribution is -2.66. The standard InChI is InChI=1S/C19H19N3O4/c1-20-12-17(23)22-10-9-21(11-15(22)18(20)24)19(25)26-16-8-4-6-13-5-2-3-7-14(13)16/h2-8,15H,9-12H2,1H3/t15-/m1/s1. The van der Waals surface area contributed by atoms with Crippen molar-refractivity contribution >= 4 is 28.7 Å². The third kappa shape index (κ3) is 2.75. The first-order chi connectivity index (χ1) is 12.5. The molecular weight excluding hydrogens is 334 g/mol. The molecule has 1 atom stereocenters. The number of carbonyl (C=O) groups is 3. The molecule has 4 rings (SSSR count). The highest BCUT2D eigenvalue weighted by molar-refractivity contribution is 5.95. The van der Waals surface area contributed by atoms with Gasteiger partial charge < -0.3 is 19.4 Å². The third-order valence-electron chi connectivity index (χ3n) is 4.94. The Kier molecular flexibility index (Phi) is 3.99. The van der Waals surface area contributed by atoms with Gasteiger partial charge in [0.15, 0.2) is 0 Å². The number of carbonyl (C=O) groups excluding carboxylic acids is 3. The average Bonchev–Trinajstić information content (AvgIpc) is 2.66. The summed E-state index contributed by atoms with van der Waals surface area (Å²) < 4.78 is 5.59. The van der Waals surface area contributed by atoms with Crippen LogP contribution in [0, 0.1) is 0 Å². The molecule has 0 unspecified atom stereocenters. The van der Waals surface area contributed by atoms with Crippen molar-refractivity contribution in [1.82, 2.24) is 14.7 Å². The maximum absolute atomic E-state index is 12.6. The first-order valence-corrected chi connectivity index (χ1v) is 8.53. The second kappa shape index (κ2) is 6.33. The molecule has 7 nitrogen and oxygen atoms in total. The summed E-state index contributed by atoms with van der Waals surface area (Å²) in [5.41, 5.74) is 0. The molecule has 2 fully saturated rings. The molecule has 2 saturated heterocycles. The molecule has 0 radical (unpaired) electrons. The molecule has 0 saturated carbocycles. The van der Waals surface area contributed by atoms with Crippen LogP contribution >= 0.6 is 0 Å². The van der Waals surface area contributed by atoms with Crippen LogP contribution in [0.2, 0.25) is 0 Å². The van der Waals surface area contributed by atoms with E-state index in [1.807, 2.05) is 36.4 Å². The van der Waals surface area contributed by atoms with E-state index in [9.17, 15) is 14.4 Å². The van der Waals surface area contributed by atoms with E-state index in [1.165, 1.54) is 9.80 Å². The van der Waals surface area contributed by atoms with Gasteiger partial charge in [0, 0.05) is 25.5 Å². The summed E-state index contributed by atoms with van der Waals surface area (Å²) in [5.74, 6) is 0.255. The fourth-order valence-electron chi connectivity index (χ4n) is 3.53. The molecule has 2 aromatic carbocycles. The summed E-state index contributed by atoms with van der Waals surface area (Å²) in [6.45, 7) is 0.935. The lowest BCUT2D eigenvalue weighted by molar-refractivity contribution is -0.157. The van der Waals surface area contributed by atoms with Crippen molar-refractivity contribution in [3.8, 4) is 5.75 Å². The predicted molar refractivity (Wildman–Crippen MR) is 94.7 cm³/mol. The van der Waals surface area contributed by atoms with E-state index < -0.39 is 12.1 Å².